The molecule has 0 fully saturated rings. The lowest BCUT2D eigenvalue weighted by Crippen LogP contribution is -2.28. The molecule has 1 amide bonds. The van der Waals surface area contributed by atoms with Crippen molar-refractivity contribution in [3.8, 4) is 11.1 Å². The minimum atomic E-state index is -0.581. The Labute approximate surface area is 226 Å². The third-order valence-corrected chi connectivity index (χ3v) is 5.94. The molecule has 0 saturated carbocycles. The van der Waals surface area contributed by atoms with Crippen molar-refractivity contribution in [3.63, 3.8) is 0 Å². The van der Waals surface area contributed by atoms with Gasteiger partial charge in [0.15, 0.2) is 5.65 Å². The van der Waals surface area contributed by atoms with Gasteiger partial charge in [-0.3, -0.25) is 9.59 Å². The number of allylic oxidation sites excluding steroid dienone is 1. The van der Waals surface area contributed by atoms with Crippen molar-refractivity contribution in [1.82, 2.24) is 19.6 Å². The van der Waals surface area contributed by atoms with Crippen LogP contribution < -0.4 is 26.8 Å². The number of carbonyl (C=O) groups excluding carboxylic acids is 1. The largest absolute Gasteiger partial charge is 0.412 e. The maximum Gasteiger partial charge on any atom is 0.293 e. The van der Waals surface area contributed by atoms with Crippen LogP contribution >= 0.6 is 11.6 Å². The van der Waals surface area contributed by atoms with E-state index in [1.807, 2.05) is 39.8 Å². The average molecular weight is 541 g/mol. The van der Waals surface area contributed by atoms with Gasteiger partial charge in [-0.1, -0.05) is 32.4 Å². The number of benzene rings is 1. The van der Waals surface area contributed by atoms with E-state index >= 15 is 0 Å². The first-order valence-electron chi connectivity index (χ1n) is 11.8. The van der Waals surface area contributed by atoms with Crippen LogP contribution in [0.3, 0.4) is 0 Å². The van der Waals surface area contributed by atoms with Gasteiger partial charge in [0.05, 0.1) is 11.3 Å². The van der Waals surface area contributed by atoms with Crippen molar-refractivity contribution >= 4 is 45.9 Å². The van der Waals surface area contributed by atoms with Crippen LogP contribution in [0.4, 0.5) is 11.6 Å². The first-order chi connectivity index (χ1) is 17.8. The number of rotatable bonds is 9. The average Bonchev–Trinajstić information content (AvgIpc) is 2.84. The molecular formula is C26H33ClN8O3. The smallest absolute Gasteiger partial charge is 0.293 e. The molecule has 0 aliphatic rings. The summed E-state index contributed by atoms with van der Waals surface area (Å²) >= 11 is 6.46. The minimum absolute atomic E-state index is 0.110. The Balaban J connectivity index is 1.97. The zero-order chi connectivity index (χ0) is 28.2. The maximum absolute atomic E-state index is 13.4. The number of nitrogens with one attached hydrogen (secondary N) is 3. The molecule has 12 heteroatoms. The van der Waals surface area contributed by atoms with Crippen LogP contribution in [0.15, 0.2) is 47.0 Å². The van der Waals surface area contributed by atoms with Crippen LogP contribution in [-0.2, 0) is 4.79 Å². The fourth-order valence-electron chi connectivity index (χ4n) is 3.36. The number of hydrogen-bond acceptors (Lipinski definition) is 9. The van der Waals surface area contributed by atoms with Crippen molar-refractivity contribution in [1.29, 1.82) is 5.41 Å². The van der Waals surface area contributed by atoms with Crippen molar-refractivity contribution in [2.75, 3.05) is 44.9 Å². The van der Waals surface area contributed by atoms with Gasteiger partial charge in [0.25, 0.3) is 11.5 Å². The zero-order valence-corrected chi connectivity index (χ0v) is 23.1. The van der Waals surface area contributed by atoms with E-state index in [-0.39, 0.29) is 17.0 Å². The summed E-state index contributed by atoms with van der Waals surface area (Å²) in [4.78, 5) is 42.2. The fourth-order valence-corrected chi connectivity index (χ4v) is 3.58. The van der Waals surface area contributed by atoms with E-state index in [1.165, 1.54) is 13.2 Å². The van der Waals surface area contributed by atoms with Crippen LogP contribution in [0.1, 0.15) is 20.8 Å². The number of carbonyl (C=O) groups is 1. The topological polar surface area (TPSA) is 151 Å². The summed E-state index contributed by atoms with van der Waals surface area (Å²) in [5.41, 5.74) is 6.35. The predicted molar refractivity (Wildman–Crippen MR) is 152 cm³/mol. The summed E-state index contributed by atoms with van der Waals surface area (Å²) in [5.74, 6) is -0.215. The standard InChI is InChI=1S/C26H33ClN8O3/c1-26(2,3)21(29)13-20(28)23(36)32-16-7-8-19(27)17(12-16)18-11-15-14-31-25(30-9-10-34(4)5)33-22(15)35(38-6)24(18)37/h7-8,11-14,29H,9-10,28H2,1-6H3,(H,32,36)(H,30,31,33)/b20-13-,29-21?. The molecule has 0 saturated heterocycles. The number of nitrogens with zero attached hydrogens (tertiary/aromatic N) is 4. The number of likely N-dealkylation sites (N-methyl/N-ethyl adjacent to an activating group) is 1. The normalized spacial score (nSPS) is 12.1. The molecule has 5 N–H and O–H groups in total. The molecule has 38 heavy (non-hydrogen) atoms. The van der Waals surface area contributed by atoms with E-state index in [0.717, 1.165) is 11.3 Å². The molecule has 202 valence electrons. The van der Waals surface area contributed by atoms with E-state index in [4.69, 9.17) is 27.6 Å². The Bertz CT molecular complexity index is 1460. The quantitative estimate of drug-likeness (QED) is 0.239. The third-order valence-electron chi connectivity index (χ3n) is 5.61. The van der Waals surface area contributed by atoms with E-state index < -0.39 is 16.9 Å². The molecule has 11 nitrogen and oxygen atoms in total. The Morgan fingerprint density at radius 2 is 1.97 bits per heavy atom. The van der Waals surface area contributed by atoms with Gasteiger partial charge in [-0.15, -0.1) is 4.73 Å². The molecule has 1 aromatic carbocycles. The molecule has 3 aromatic rings. The number of aromatic nitrogens is 3. The number of anilines is 2. The Hall–Kier alpha value is -3.96. The summed E-state index contributed by atoms with van der Waals surface area (Å²) < 4.78 is 1.07. The molecule has 0 aliphatic heterocycles. The lowest BCUT2D eigenvalue weighted by atomic mass is 9.89. The maximum atomic E-state index is 13.4. The highest BCUT2D eigenvalue weighted by Crippen LogP contribution is 2.30. The summed E-state index contributed by atoms with van der Waals surface area (Å²) in [6.07, 6.45) is 2.92. The number of fused-ring (bicyclic) bond motifs is 1. The monoisotopic (exact) mass is 540 g/mol. The van der Waals surface area contributed by atoms with Gasteiger partial charge in [0.1, 0.15) is 7.11 Å². The minimum Gasteiger partial charge on any atom is -0.412 e. The van der Waals surface area contributed by atoms with Crippen LogP contribution in [-0.4, -0.2) is 65.5 Å². The molecule has 0 bridgehead atoms. The van der Waals surface area contributed by atoms with Crippen molar-refractivity contribution in [2.24, 2.45) is 11.1 Å². The van der Waals surface area contributed by atoms with Crippen molar-refractivity contribution in [2.45, 2.75) is 20.8 Å². The second kappa shape index (κ2) is 11.6. The van der Waals surface area contributed by atoms with Gasteiger partial charge in [-0.25, -0.2) is 4.98 Å². The number of nitrogens with two attached hydrogens (primary N) is 1. The molecule has 0 atom stereocenters. The Kier molecular flexibility index (Phi) is 8.74. The highest BCUT2D eigenvalue weighted by molar-refractivity contribution is 6.33. The van der Waals surface area contributed by atoms with Crippen molar-refractivity contribution in [3.05, 3.63) is 57.6 Å². The van der Waals surface area contributed by atoms with Gasteiger partial charge in [0, 0.05) is 52.1 Å². The highest BCUT2D eigenvalue weighted by atomic mass is 35.5. The molecule has 3 rings (SSSR count). The molecule has 0 radical (unpaired) electrons. The summed E-state index contributed by atoms with van der Waals surface area (Å²) in [5, 5.41) is 14.8. The van der Waals surface area contributed by atoms with Gasteiger partial charge < -0.3 is 31.5 Å². The molecule has 2 aromatic heterocycles. The first kappa shape index (κ1) is 28.6. The lowest BCUT2D eigenvalue weighted by molar-refractivity contribution is -0.112. The molecule has 2 heterocycles. The van der Waals surface area contributed by atoms with Crippen LogP contribution in [0.2, 0.25) is 5.02 Å². The van der Waals surface area contributed by atoms with E-state index in [0.29, 0.717) is 39.8 Å². The fraction of sp³-hybridized carbons (Fsp3) is 0.346. The number of amides is 1. The SMILES string of the molecule is COn1c(=O)c(-c2cc(NC(=O)/C(N)=C/C(=N)C(C)(C)C)ccc2Cl)cc2cnc(NCCN(C)C)nc21. The summed E-state index contributed by atoms with van der Waals surface area (Å²) in [6, 6.07) is 6.36. The molecule has 0 aliphatic carbocycles. The van der Waals surface area contributed by atoms with E-state index in [1.54, 1.807) is 30.5 Å². The van der Waals surface area contributed by atoms with Gasteiger partial charge in [-0.2, -0.15) is 4.98 Å². The molecule has 0 spiro atoms. The highest BCUT2D eigenvalue weighted by Gasteiger charge is 2.19. The van der Waals surface area contributed by atoms with Crippen LogP contribution in [0.25, 0.3) is 22.2 Å². The van der Waals surface area contributed by atoms with Crippen LogP contribution in [0, 0.1) is 10.8 Å². The van der Waals surface area contributed by atoms with Gasteiger partial charge >= 0.3 is 0 Å². The van der Waals surface area contributed by atoms with E-state index in [9.17, 15) is 9.59 Å². The predicted octanol–water partition coefficient (Wildman–Crippen LogP) is 2.99. The molecule has 0 unspecified atom stereocenters. The number of hydrogen-bond donors (Lipinski definition) is 4. The Morgan fingerprint density at radius 3 is 2.61 bits per heavy atom. The number of pyridine rings is 1. The second-order valence-electron chi connectivity index (χ2n) is 9.95. The van der Waals surface area contributed by atoms with Crippen molar-refractivity contribution < 1.29 is 9.63 Å². The Morgan fingerprint density at radius 1 is 1.26 bits per heavy atom. The second-order valence-corrected chi connectivity index (χ2v) is 10.4. The molecular weight excluding hydrogens is 508 g/mol. The number of halogens is 1. The van der Waals surface area contributed by atoms with Gasteiger partial charge in [-0.05, 0) is 44.4 Å². The third kappa shape index (κ3) is 6.67. The zero-order valence-electron chi connectivity index (χ0n) is 22.3. The first-order valence-corrected chi connectivity index (χ1v) is 12.2. The summed E-state index contributed by atoms with van der Waals surface area (Å²) in [7, 11) is 5.29. The van der Waals surface area contributed by atoms with Crippen LogP contribution in [0.5, 0.6) is 0 Å². The lowest BCUT2D eigenvalue weighted by Gasteiger charge is -2.17. The summed E-state index contributed by atoms with van der Waals surface area (Å²) in [6.45, 7) is 6.97. The van der Waals surface area contributed by atoms with Gasteiger partial charge in [0.2, 0.25) is 5.95 Å². The van der Waals surface area contributed by atoms with E-state index in [2.05, 4.69) is 20.6 Å².